The first kappa shape index (κ1) is 12.6. The highest BCUT2D eigenvalue weighted by atomic mass is 32.1. The predicted molar refractivity (Wildman–Crippen MR) is 70.5 cm³/mol. The molecule has 0 atom stereocenters. The first-order valence-corrected chi connectivity index (χ1v) is 6.37. The van der Waals surface area contributed by atoms with Gasteiger partial charge in [-0.25, -0.2) is 0 Å². The number of rotatable bonds is 4. The molecule has 0 spiro atoms. The Morgan fingerprint density at radius 2 is 2.39 bits per heavy atom. The van der Waals surface area contributed by atoms with Crippen LogP contribution in [-0.2, 0) is 5.41 Å². The van der Waals surface area contributed by atoms with Crippen molar-refractivity contribution in [1.29, 1.82) is 0 Å². The molecule has 18 heavy (non-hydrogen) atoms. The lowest BCUT2D eigenvalue weighted by Gasteiger charge is -2.23. The summed E-state index contributed by atoms with van der Waals surface area (Å²) in [6.07, 6.45) is 0. The monoisotopic (exact) mass is 265 g/mol. The predicted octanol–water partition coefficient (Wildman–Crippen LogP) is 1.16. The van der Waals surface area contributed by atoms with Crippen molar-refractivity contribution in [3.8, 4) is 0 Å². The topological polar surface area (TPSA) is 96.7 Å². The number of aromatic amines is 1. The van der Waals surface area contributed by atoms with Crippen LogP contribution < -0.4 is 11.1 Å². The summed E-state index contributed by atoms with van der Waals surface area (Å²) in [7, 11) is 0. The number of amides is 1. The molecule has 96 valence electrons. The molecule has 0 aliphatic heterocycles. The second-order valence-electron chi connectivity index (χ2n) is 4.59. The van der Waals surface area contributed by atoms with Gasteiger partial charge in [-0.15, -0.1) is 16.4 Å². The summed E-state index contributed by atoms with van der Waals surface area (Å²) in [6.45, 7) is 4.68. The van der Waals surface area contributed by atoms with E-state index in [1.54, 1.807) is 11.3 Å². The van der Waals surface area contributed by atoms with Crippen molar-refractivity contribution in [2.75, 3.05) is 12.3 Å². The zero-order valence-electron chi connectivity index (χ0n) is 10.2. The normalized spacial score (nSPS) is 11.4. The maximum Gasteiger partial charge on any atom is 0.288 e. The average Bonchev–Trinajstić information content (AvgIpc) is 2.96. The lowest BCUT2D eigenvalue weighted by atomic mass is 9.91. The highest BCUT2D eigenvalue weighted by molar-refractivity contribution is 7.10. The molecule has 2 rings (SSSR count). The highest BCUT2D eigenvalue weighted by Gasteiger charge is 2.23. The van der Waals surface area contributed by atoms with Crippen molar-refractivity contribution in [1.82, 2.24) is 20.5 Å². The number of nitrogen functional groups attached to an aromatic ring is 1. The van der Waals surface area contributed by atoms with E-state index < -0.39 is 0 Å². The van der Waals surface area contributed by atoms with Crippen LogP contribution in [0.2, 0.25) is 0 Å². The number of nitrogens with one attached hydrogen (secondary N) is 2. The fourth-order valence-corrected chi connectivity index (χ4v) is 2.36. The van der Waals surface area contributed by atoms with Crippen LogP contribution in [0.15, 0.2) is 17.5 Å². The van der Waals surface area contributed by atoms with E-state index >= 15 is 0 Å². The molecule has 0 radical (unpaired) electrons. The number of nitrogens with zero attached hydrogens (tertiary/aromatic N) is 2. The molecule has 0 bridgehead atoms. The number of aromatic nitrogens is 3. The van der Waals surface area contributed by atoms with Gasteiger partial charge in [0, 0.05) is 16.8 Å². The van der Waals surface area contributed by atoms with E-state index in [0.29, 0.717) is 6.54 Å². The summed E-state index contributed by atoms with van der Waals surface area (Å²) in [4.78, 5) is 16.8. The third-order valence-electron chi connectivity index (χ3n) is 2.60. The Bertz CT molecular complexity index is 531. The van der Waals surface area contributed by atoms with Gasteiger partial charge in [-0.3, -0.25) is 9.89 Å². The van der Waals surface area contributed by atoms with Gasteiger partial charge >= 0.3 is 0 Å². The van der Waals surface area contributed by atoms with Gasteiger partial charge in [0.25, 0.3) is 5.91 Å². The quantitative estimate of drug-likeness (QED) is 0.772. The van der Waals surface area contributed by atoms with Crippen molar-refractivity contribution in [3.05, 3.63) is 28.2 Å². The number of thiophene rings is 1. The zero-order chi connectivity index (χ0) is 13.2. The van der Waals surface area contributed by atoms with Gasteiger partial charge in [-0.1, -0.05) is 19.9 Å². The molecule has 1 amide bonds. The van der Waals surface area contributed by atoms with E-state index in [2.05, 4.69) is 40.4 Å². The largest absolute Gasteiger partial charge is 0.366 e. The highest BCUT2D eigenvalue weighted by Crippen LogP contribution is 2.26. The number of carbonyl (C=O) groups excluding carboxylic acids is 1. The molecule has 4 N–H and O–H groups in total. The first-order valence-electron chi connectivity index (χ1n) is 5.49. The Hall–Kier alpha value is -1.89. The van der Waals surface area contributed by atoms with Crippen LogP contribution in [-0.4, -0.2) is 27.6 Å². The molecule has 0 unspecified atom stereocenters. The minimum Gasteiger partial charge on any atom is -0.366 e. The number of hydrogen-bond donors (Lipinski definition) is 3. The van der Waals surface area contributed by atoms with Crippen LogP contribution >= 0.6 is 11.3 Å². The first-order chi connectivity index (χ1) is 8.49. The van der Waals surface area contributed by atoms with Gasteiger partial charge < -0.3 is 11.1 Å². The summed E-state index contributed by atoms with van der Waals surface area (Å²) < 4.78 is 0. The van der Waals surface area contributed by atoms with E-state index in [-0.39, 0.29) is 23.1 Å². The van der Waals surface area contributed by atoms with Crippen molar-refractivity contribution < 1.29 is 4.79 Å². The van der Waals surface area contributed by atoms with E-state index in [4.69, 9.17) is 5.73 Å². The Labute approximate surface area is 109 Å². The van der Waals surface area contributed by atoms with E-state index in [1.807, 2.05) is 11.4 Å². The summed E-state index contributed by atoms with van der Waals surface area (Å²) in [5.41, 5.74) is 5.23. The lowest BCUT2D eigenvalue weighted by molar-refractivity contribution is 0.0936. The maximum atomic E-state index is 11.8. The molecule has 0 aliphatic rings. The van der Waals surface area contributed by atoms with Gasteiger partial charge in [-0.2, -0.15) is 4.98 Å². The summed E-state index contributed by atoms with van der Waals surface area (Å²) >= 11 is 1.67. The van der Waals surface area contributed by atoms with Crippen LogP contribution in [0.5, 0.6) is 0 Å². The molecule has 0 saturated heterocycles. The molecule has 0 fully saturated rings. The van der Waals surface area contributed by atoms with E-state index in [0.717, 1.165) is 0 Å². The zero-order valence-corrected chi connectivity index (χ0v) is 11.0. The molecular formula is C11H15N5OS. The number of hydrogen-bond acceptors (Lipinski definition) is 5. The molecule has 0 aromatic carbocycles. The standard InChI is InChI=1S/C11H15N5OS/c1-11(2,7-4-3-5-18-7)6-13-9(17)8-14-10(12)16-15-8/h3-5H,6H2,1-2H3,(H,13,17)(H3,12,14,15,16). The molecule has 6 nitrogen and oxygen atoms in total. The number of anilines is 1. The van der Waals surface area contributed by atoms with Gasteiger partial charge in [-0.05, 0) is 11.4 Å². The number of H-pyrrole nitrogens is 1. The molecular weight excluding hydrogens is 250 g/mol. The van der Waals surface area contributed by atoms with Gasteiger partial charge in [0.2, 0.25) is 11.8 Å². The number of carbonyl (C=O) groups is 1. The fraction of sp³-hybridized carbons (Fsp3) is 0.364. The minimum atomic E-state index is -0.302. The smallest absolute Gasteiger partial charge is 0.288 e. The second kappa shape index (κ2) is 4.77. The van der Waals surface area contributed by atoms with Crippen molar-refractivity contribution in [2.24, 2.45) is 0 Å². The molecule has 0 aliphatic carbocycles. The average molecular weight is 265 g/mol. The Kier molecular flexibility index (Phi) is 3.33. The SMILES string of the molecule is CC(C)(CNC(=O)c1nc(N)n[nH]1)c1cccs1. The molecule has 2 heterocycles. The molecule has 7 heteroatoms. The third kappa shape index (κ3) is 2.67. The fourth-order valence-electron chi connectivity index (χ4n) is 1.51. The van der Waals surface area contributed by atoms with Crippen LogP contribution in [0.3, 0.4) is 0 Å². The second-order valence-corrected chi connectivity index (χ2v) is 5.53. The van der Waals surface area contributed by atoms with Crippen molar-refractivity contribution in [2.45, 2.75) is 19.3 Å². The molecule has 2 aromatic heterocycles. The van der Waals surface area contributed by atoms with Gasteiger partial charge in [0.15, 0.2) is 0 Å². The summed E-state index contributed by atoms with van der Waals surface area (Å²) in [5, 5.41) is 10.9. The van der Waals surface area contributed by atoms with Crippen molar-refractivity contribution in [3.63, 3.8) is 0 Å². The Morgan fingerprint density at radius 3 is 2.94 bits per heavy atom. The summed E-state index contributed by atoms with van der Waals surface area (Å²) in [5.74, 6) is -0.101. The maximum absolute atomic E-state index is 11.8. The van der Waals surface area contributed by atoms with Crippen LogP contribution in [0.25, 0.3) is 0 Å². The van der Waals surface area contributed by atoms with Gasteiger partial charge in [0.05, 0.1) is 0 Å². The van der Waals surface area contributed by atoms with Crippen molar-refractivity contribution >= 4 is 23.2 Å². The Balaban J connectivity index is 1.98. The molecule has 2 aromatic rings. The summed E-state index contributed by atoms with van der Waals surface area (Å²) in [6, 6.07) is 4.06. The van der Waals surface area contributed by atoms with Crippen LogP contribution in [0.1, 0.15) is 29.3 Å². The van der Waals surface area contributed by atoms with Gasteiger partial charge in [0.1, 0.15) is 0 Å². The van der Waals surface area contributed by atoms with E-state index in [9.17, 15) is 4.79 Å². The lowest BCUT2D eigenvalue weighted by Crippen LogP contribution is -2.36. The third-order valence-corrected chi connectivity index (χ3v) is 3.83. The minimum absolute atomic E-state index is 0.0673. The Morgan fingerprint density at radius 1 is 1.61 bits per heavy atom. The molecule has 0 saturated carbocycles. The van der Waals surface area contributed by atoms with Crippen LogP contribution in [0.4, 0.5) is 5.95 Å². The van der Waals surface area contributed by atoms with E-state index in [1.165, 1.54) is 4.88 Å². The number of nitrogens with two attached hydrogens (primary N) is 1. The van der Waals surface area contributed by atoms with Crippen LogP contribution in [0, 0.1) is 0 Å².